The van der Waals surface area contributed by atoms with Crippen LogP contribution in [-0.2, 0) is 15.0 Å². The number of hydrogen-bond donors (Lipinski definition) is 1. The van der Waals surface area contributed by atoms with Crippen LogP contribution in [0.3, 0.4) is 0 Å². The fourth-order valence-electron chi connectivity index (χ4n) is 3.09. The first-order chi connectivity index (χ1) is 11.9. The van der Waals surface area contributed by atoms with E-state index in [4.69, 9.17) is 0 Å². The van der Waals surface area contributed by atoms with Crippen molar-refractivity contribution in [3.8, 4) is 0 Å². The van der Waals surface area contributed by atoms with E-state index in [1.54, 1.807) is 0 Å². The largest absolute Gasteiger partial charge is 0.326 e. The molecule has 1 saturated heterocycles. The Morgan fingerprint density at radius 2 is 1.72 bits per heavy atom. The number of fused-ring (bicyclic) bond motifs is 1. The summed E-state index contributed by atoms with van der Waals surface area (Å²) in [7, 11) is -0.354. The van der Waals surface area contributed by atoms with Crippen molar-refractivity contribution in [3.05, 3.63) is 42.5 Å². The molecule has 1 heterocycles. The molecule has 0 saturated carbocycles. The fourth-order valence-corrected chi connectivity index (χ4v) is 4.23. The molecule has 0 bridgehead atoms. The van der Waals surface area contributed by atoms with Gasteiger partial charge >= 0.3 is 0 Å². The Kier molecular flexibility index (Phi) is 5.08. The lowest BCUT2D eigenvalue weighted by Gasteiger charge is -2.32. The highest BCUT2D eigenvalue weighted by molar-refractivity contribution is 7.86. The number of nitrogens with zero attached hydrogens (tertiary/aromatic N) is 2. The monoisotopic (exact) mass is 361 g/mol. The summed E-state index contributed by atoms with van der Waals surface area (Å²) < 4.78 is 26.9. The zero-order chi connectivity index (χ0) is 18.0. The molecule has 1 aliphatic heterocycles. The molecule has 2 aromatic carbocycles. The summed E-state index contributed by atoms with van der Waals surface area (Å²) in [5.41, 5.74) is 0.770. The van der Waals surface area contributed by atoms with Crippen molar-refractivity contribution >= 4 is 32.6 Å². The highest BCUT2D eigenvalue weighted by Gasteiger charge is 2.32. The van der Waals surface area contributed by atoms with Gasteiger partial charge in [0.05, 0.1) is 0 Å². The van der Waals surface area contributed by atoms with E-state index >= 15 is 0 Å². The van der Waals surface area contributed by atoms with Crippen LogP contribution in [0, 0.1) is 5.92 Å². The van der Waals surface area contributed by atoms with Crippen LogP contribution >= 0.6 is 0 Å². The van der Waals surface area contributed by atoms with Gasteiger partial charge in [0.15, 0.2) is 0 Å². The maximum Gasteiger partial charge on any atom is 0.281 e. The summed E-state index contributed by atoms with van der Waals surface area (Å²) in [5, 5.41) is 5.17. The zero-order valence-electron chi connectivity index (χ0n) is 14.5. The minimum Gasteiger partial charge on any atom is -0.326 e. The second-order valence-corrected chi connectivity index (χ2v) is 8.66. The second kappa shape index (κ2) is 7.11. The number of anilines is 1. The molecular formula is C18H23N3O3S. The highest BCUT2D eigenvalue weighted by Crippen LogP contribution is 2.24. The molecule has 134 valence electrons. The summed E-state index contributed by atoms with van der Waals surface area (Å²) >= 11 is 0. The Bertz CT molecular complexity index is 872. The summed E-state index contributed by atoms with van der Waals surface area (Å²) in [6.45, 7) is 0.743. The Hall–Kier alpha value is -1.96. The van der Waals surface area contributed by atoms with Crippen molar-refractivity contribution in [2.24, 2.45) is 5.92 Å². The lowest BCUT2D eigenvalue weighted by molar-refractivity contribution is -0.120. The van der Waals surface area contributed by atoms with Gasteiger partial charge in [0.2, 0.25) is 5.91 Å². The average molecular weight is 361 g/mol. The van der Waals surface area contributed by atoms with Gasteiger partial charge in [-0.3, -0.25) is 4.79 Å². The van der Waals surface area contributed by atoms with Crippen molar-refractivity contribution in [1.29, 1.82) is 0 Å². The molecule has 0 radical (unpaired) electrons. The molecule has 0 aromatic heterocycles. The van der Waals surface area contributed by atoms with Crippen LogP contribution in [0.4, 0.5) is 5.69 Å². The quantitative estimate of drug-likeness (QED) is 0.908. The molecule has 1 aliphatic rings. The first kappa shape index (κ1) is 17.8. The van der Waals surface area contributed by atoms with E-state index in [1.165, 1.54) is 22.7 Å². The predicted molar refractivity (Wildman–Crippen MR) is 99.5 cm³/mol. The Labute approximate surface area is 148 Å². The number of amides is 1. The Balaban J connectivity index is 1.62. The highest BCUT2D eigenvalue weighted by atomic mass is 32.2. The molecular weight excluding hydrogens is 338 g/mol. The molecule has 1 N–H and O–H groups in total. The lowest BCUT2D eigenvalue weighted by Crippen LogP contribution is -2.46. The maximum absolute atomic E-state index is 12.5. The fraction of sp³-hybridized carbons (Fsp3) is 0.389. The molecule has 6 nitrogen and oxygen atoms in total. The number of hydrogen-bond acceptors (Lipinski definition) is 3. The average Bonchev–Trinajstić information content (AvgIpc) is 2.61. The smallest absolute Gasteiger partial charge is 0.281 e. The summed E-state index contributed by atoms with van der Waals surface area (Å²) in [6.07, 6.45) is 1.07. The number of piperidine rings is 1. The first-order valence-corrected chi connectivity index (χ1v) is 9.75. The predicted octanol–water partition coefficient (Wildman–Crippen LogP) is 2.30. The number of benzene rings is 2. The molecule has 3 rings (SSSR count). The van der Waals surface area contributed by atoms with Crippen LogP contribution in [0.5, 0.6) is 0 Å². The molecule has 0 aliphatic carbocycles. The van der Waals surface area contributed by atoms with Gasteiger partial charge in [0.25, 0.3) is 10.2 Å². The van der Waals surface area contributed by atoms with Gasteiger partial charge < -0.3 is 5.32 Å². The van der Waals surface area contributed by atoms with Gasteiger partial charge in [-0.1, -0.05) is 30.3 Å². The Morgan fingerprint density at radius 1 is 1.08 bits per heavy atom. The van der Waals surface area contributed by atoms with Crippen LogP contribution in [0.25, 0.3) is 10.8 Å². The van der Waals surface area contributed by atoms with E-state index in [0.717, 1.165) is 16.5 Å². The molecule has 25 heavy (non-hydrogen) atoms. The van der Waals surface area contributed by atoms with Crippen molar-refractivity contribution in [2.75, 3.05) is 32.5 Å². The van der Waals surface area contributed by atoms with Crippen LogP contribution in [0.2, 0.25) is 0 Å². The van der Waals surface area contributed by atoms with Crippen molar-refractivity contribution in [3.63, 3.8) is 0 Å². The molecule has 2 aromatic rings. The van der Waals surface area contributed by atoms with Crippen LogP contribution in [0.15, 0.2) is 42.5 Å². The number of carbonyl (C=O) groups is 1. The Morgan fingerprint density at radius 3 is 2.36 bits per heavy atom. The van der Waals surface area contributed by atoms with Gasteiger partial charge in [-0.15, -0.1) is 0 Å². The van der Waals surface area contributed by atoms with E-state index in [-0.39, 0.29) is 11.8 Å². The maximum atomic E-state index is 12.5. The van der Waals surface area contributed by atoms with Crippen LogP contribution < -0.4 is 5.32 Å². The molecule has 1 amide bonds. The van der Waals surface area contributed by atoms with E-state index in [0.29, 0.717) is 25.9 Å². The van der Waals surface area contributed by atoms with Crippen LogP contribution in [0.1, 0.15) is 12.8 Å². The van der Waals surface area contributed by atoms with Crippen molar-refractivity contribution in [1.82, 2.24) is 8.61 Å². The second-order valence-electron chi connectivity index (χ2n) is 6.51. The van der Waals surface area contributed by atoms with Gasteiger partial charge in [-0.05, 0) is 35.7 Å². The molecule has 0 unspecified atom stereocenters. The molecule has 7 heteroatoms. The minimum absolute atomic E-state index is 0.0443. The minimum atomic E-state index is -3.40. The number of rotatable bonds is 4. The topological polar surface area (TPSA) is 69.7 Å². The van der Waals surface area contributed by atoms with Crippen molar-refractivity contribution in [2.45, 2.75) is 12.8 Å². The van der Waals surface area contributed by atoms with E-state index < -0.39 is 10.2 Å². The summed E-state index contributed by atoms with van der Waals surface area (Å²) in [4.78, 5) is 12.5. The van der Waals surface area contributed by atoms with E-state index in [1.807, 2.05) is 42.5 Å². The summed E-state index contributed by atoms with van der Waals surface area (Å²) in [6, 6.07) is 13.8. The third kappa shape index (κ3) is 3.84. The third-order valence-electron chi connectivity index (χ3n) is 4.63. The van der Waals surface area contributed by atoms with Crippen LogP contribution in [-0.4, -0.2) is 50.1 Å². The lowest BCUT2D eigenvalue weighted by atomic mass is 9.97. The first-order valence-electron chi connectivity index (χ1n) is 8.35. The van der Waals surface area contributed by atoms with E-state index in [2.05, 4.69) is 5.32 Å². The molecule has 0 spiro atoms. The van der Waals surface area contributed by atoms with Crippen molar-refractivity contribution < 1.29 is 13.2 Å². The molecule has 1 fully saturated rings. The third-order valence-corrected chi connectivity index (χ3v) is 6.57. The standard InChI is InChI=1S/C18H23N3O3S/c1-20(2)25(23,24)21-11-9-15(10-12-21)18(22)19-17-8-7-14-5-3-4-6-16(14)13-17/h3-8,13,15H,9-12H2,1-2H3,(H,19,22). The molecule has 0 atom stereocenters. The number of nitrogens with one attached hydrogen (secondary N) is 1. The SMILES string of the molecule is CN(C)S(=O)(=O)N1CCC(C(=O)Nc2ccc3ccccc3c2)CC1. The van der Waals surface area contributed by atoms with E-state index in [9.17, 15) is 13.2 Å². The number of carbonyl (C=O) groups excluding carboxylic acids is 1. The van der Waals surface area contributed by atoms with Gasteiger partial charge in [-0.25, -0.2) is 0 Å². The normalized spacial score (nSPS) is 17.1. The van der Waals surface area contributed by atoms with Gasteiger partial charge in [0.1, 0.15) is 0 Å². The summed E-state index contributed by atoms with van der Waals surface area (Å²) in [5.74, 6) is -0.211. The van der Waals surface area contributed by atoms with Gasteiger partial charge in [0, 0.05) is 38.8 Å². The zero-order valence-corrected chi connectivity index (χ0v) is 15.3. The van der Waals surface area contributed by atoms with Gasteiger partial charge in [-0.2, -0.15) is 17.0 Å².